The zero-order valence-corrected chi connectivity index (χ0v) is 10.9. The van der Waals surface area contributed by atoms with E-state index in [2.05, 4.69) is 0 Å². The molecule has 0 bridgehead atoms. The van der Waals surface area contributed by atoms with E-state index in [0.717, 1.165) is 18.4 Å². The van der Waals surface area contributed by atoms with Gasteiger partial charge in [0.25, 0.3) is 0 Å². The molecule has 2 aliphatic carbocycles. The molecule has 1 aromatic carbocycles. The summed E-state index contributed by atoms with van der Waals surface area (Å²) in [5.74, 6) is 0.463. The van der Waals surface area contributed by atoms with E-state index in [4.69, 9.17) is 5.73 Å². The van der Waals surface area contributed by atoms with Crippen molar-refractivity contribution in [1.82, 2.24) is 0 Å². The molecule has 2 heteroatoms. The van der Waals surface area contributed by atoms with Crippen LogP contribution in [0.15, 0.2) is 18.2 Å². The van der Waals surface area contributed by atoms with Crippen LogP contribution < -0.4 is 5.73 Å². The van der Waals surface area contributed by atoms with Crippen LogP contribution in [0, 0.1) is 11.7 Å². The van der Waals surface area contributed by atoms with Crippen LogP contribution >= 0.6 is 0 Å². The van der Waals surface area contributed by atoms with Crippen molar-refractivity contribution in [1.29, 1.82) is 0 Å². The Kier molecular flexibility index (Phi) is 3.14. The summed E-state index contributed by atoms with van der Waals surface area (Å²) < 4.78 is 13.3. The van der Waals surface area contributed by atoms with Gasteiger partial charge in [0, 0.05) is 5.54 Å². The van der Waals surface area contributed by atoms with Gasteiger partial charge in [-0.25, -0.2) is 4.39 Å². The van der Waals surface area contributed by atoms with E-state index in [1.807, 2.05) is 6.07 Å². The van der Waals surface area contributed by atoms with Crippen molar-refractivity contribution in [3.05, 3.63) is 35.1 Å². The highest BCUT2D eigenvalue weighted by Gasteiger charge is 2.41. The minimum absolute atomic E-state index is 0.126. The first kappa shape index (κ1) is 12.2. The first-order valence-electron chi connectivity index (χ1n) is 7.28. The maximum Gasteiger partial charge on any atom is 0.123 e. The zero-order valence-electron chi connectivity index (χ0n) is 10.9. The second-order valence-corrected chi connectivity index (χ2v) is 6.03. The Morgan fingerprint density at radius 2 is 1.83 bits per heavy atom. The lowest BCUT2D eigenvalue weighted by molar-refractivity contribution is 0.244. The molecule has 18 heavy (non-hydrogen) atoms. The molecule has 0 amide bonds. The van der Waals surface area contributed by atoms with Gasteiger partial charge in [-0.2, -0.15) is 0 Å². The van der Waals surface area contributed by atoms with E-state index in [9.17, 15) is 4.39 Å². The molecule has 1 fully saturated rings. The molecule has 98 valence electrons. The molecule has 0 aromatic heterocycles. The molecule has 0 saturated heterocycles. The quantitative estimate of drug-likeness (QED) is 0.748. The van der Waals surface area contributed by atoms with Gasteiger partial charge < -0.3 is 5.73 Å². The zero-order chi connectivity index (χ0) is 12.6. The average Bonchev–Trinajstić information content (AvgIpc) is 2.59. The molecular weight excluding hydrogens is 225 g/mol. The molecule has 1 nitrogen and oxygen atoms in total. The standard InChI is InChI=1S/C16H22FN/c17-14-7-8-15-12(11-14)9-10-16(15,18)13-5-3-1-2-4-6-13/h7-8,11,13H,1-6,9-10,18H2. The summed E-state index contributed by atoms with van der Waals surface area (Å²) in [4.78, 5) is 0. The number of rotatable bonds is 1. The van der Waals surface area contributed by atoms with Crippen LogP contribution in [0.2, 0.25) is 0 Å². The van der Waals surface area contributed by atoms with E-state index < -0.39 is 0 Å². The average molecular weight is 247 g/mol. The SMILES string of the molecule is NC1(C2CCCCCC2)CCc2cc(F)ccc21. The molecule has 1 unspecified atom stereocenters. The predicted octanol–water partition coefficient (Wildman–Crippen LogP) is 3.90. The van der Waals surface area contributed by atoms with E-state index in [1.54, 1.807) is 12.1 Å². The topological polar surface area (TPSA) is 26.0 Å². The molecule has 0 spiro atoms. The first-order chi connectivity index (χ1) is 8.70. The second kappa shape index (κ2) is 4.65. The molecule has 1 atom stereocenters. The second-order valence-electron chi connectivity index (χ2n) is 6.03. The van der Waals surface area contributed by atoms with Crippen LogP contribution in [0.5, 0.6) is 0 Å². The highest BCUT2D eigenvalue weighted by atomic mass is 19.1. The summed E-state index contributed by atoms with van der Waals surface area (Å²) in [6, 6.07) is 5.19. The van der Waals surface area contributed by atoms with Crippen LogP contribution in [0.4, 0.5) is 4.39 Å². The lowest BCUT2D eigenvalue weighted by Gasteiger charge is -2.34. The molecule has 0 aliphatic heterocycles. The molecule has 2 N–H and O–H groups in total. The van der Waals surface area contributed by atoms with Gasteiger partial charge in [-0.3, -0.25) is 0 Å². The van der Waals surface area contributed by atoms with Gasteiger partial charge in [0.05, 0.1) is 0 Å². The van der Waals surface area contributed by atoms with E-state index in [-0.39, 0.29) is 11.4 Å². The molecule has 3 rings (SSSR count). The molecule has 2 aliphatic rings. The van der Waals surface area contributed by atoms with Gasteiger partial charge in [-0.1, -0.05) is 31.7 Å². The van der Waals surface area contributed by atoms with Crippen molar-refractivity contribution in [3.63, 3.8) is 0 Å². The van der Waals surface area contributed by atoms with Gasteiger partial charge in [0.2, 0.25) is 0 Å². The third-order valence-corrected chi connectivity index (χ3v) is 4.96. The maximum atomic E-state index is 13.3. The monoisotopic (exact) mass is 247 g/mol. The first-order valence-corrected chi connectivity index (χ1v) is 7.28. The number of hydrogen-bond donors (Lipinski definition) is 1. The fourth-order valence-electron chi connectivity index (χ4n) is 3.92. The van der Waals surface area contributed by atoms with Crippen LogP contribution in [0.1, 0.15) is 56.1 Å². The fraction of sp³-hybridized carbons (Fsp3) is 0.625. The Bertz CT molecular complexity index is 435. The lowest BCUT2D eigenvalue weighted by atomic mass is 9.76. The van der Waals surface area contributed by atoms with E-state index >= 15 is 0 Å². The number of hydrogen-bond acceptors (Lipinski definition) is 1. The fourth-order valence-corrected chi connectivity index (χ4v) is 3.92. The maximum absolute atomic E-state index is 13.3. The van der Waals surface area contributed by atoms with Crippen molar-refractivity contribution in [2.24, 2.45) is 11.7 Å². The summed E-state index contributed by atoms with van der Waals surface area (Å²) in [5, 5.41) is 0. The Labute approximate surface area is 109 Å². The Morgan fingerprint density at radius 3 is 2.56 bits per heavy atom. The normalized spacial score (nSPS) is 29.0. The molecular formula is C16H22FN. The minimum Gasteiger partial charge on any atom is -0.321 e. The highest BCUT2D eigenvalue weighted by Crippen LogP contribution is 2.45. The Morgan fingerprint density at radius 1 is 1.11 bits per heavy atom. The number of aryl methyl sites for hydroxylation is 1. The molecule has 0 radical (unpaired) electrons. The summed E-state index contributed by atoms with van der Waals surface area (Å²) in [7, 11) is 0. The number of fused-ring (bicyclic) bond motifs is 1. The van der Waals surface area contributed by atoms with Crippen molar-refractivity contribution < 1.29 is 4.39 Å². The number of nitrogens with two attached hydrogens (primary N) is 1. The lowest BCUT2D eigenvalue weighted by Crippen LogP contribution is -2.42. The number of benzene rings is 1. The van der Waals surface area contributed by atoms with Crippen LogP contribution in [0.3, 0.4) is 0 Å². The molecule has 1 aromatic rings. The van der Waals surface area contributed by atoms with Crippen LogP contribution in [-0.2, 0) is 12.0 Å². The van der Waals surface area contributed by atoms with Gasteiger partial charge in [-0.05, 0) is 54.9 Å². The van der Waals surface area contributed by atoms with E-state index in [1.165, 1.54) is 44.1 Å². The molecule has 1 saturated carbocycles. The van der Waals surface area contributed by atoms with Crippen molar-refractivity contribution >= 4 is 0 Å². The van der Waals surface area contributed by atoms with Crippen LogP contribution in [0.25, 0.3) is 0 Å². The summed E-state index contributed by atoms with van der Waals surface area (Å²) in [6.45, 7) is 0. The van der Waals surface area contributed by atoms with E-state index in [0.29, 0.717) is 5.92 Å². The smallest absolute Gasteiger partial charge is 0.123 e. The van der Waals surface area contributed by atoms with Gasteiger partial charge in [0.1, 0.15) is 5.82 Å². The molecule has 0 heterocycles. The third kappa shape index (κ3) is 1.97. The van der Waals surface area contributed by atoms with Crippen LogP contribution in [-0.4, -0.2) is 0 Å². The summed E-state index contributed by atoms with van der Waals surface area (Å²) >= 11 is 0. The predicted molar refractivity (Wildman–Crippen MR) is 71.8 cm³/mol. The highest BCUT2D eigenvalue weighted by molar-refractivity contribution is 5.39. The Balaban J connectivity index is 1.92. The van der Waals surface area contributed by atoms with Gasteiger partial charge in [-0.15, -0.1) is 0 Å². The Hall–Kier alpha value is -0.890. The van der Waals surface area contributed by atoms with Crippen molar-refractivity contribution in [2.45, 2.75) is 56.9 Å². The van der Waals surface area contributed by atoms with Crippen molar-refractivity contribution in [3.8, 4) is 0 Å². The van der Waals surface area contributed by atoms with Crippen molar-refractivity contribution in [2.75, 3.05) is 0 Å². The summed E-state index contributed by atoms with van der Waals surface area (Å²) in [6.07, 6.45) is 9.74. The third-order valence-electron chi connectivity index (χ3n) is 4.96. The van der Waals surface area contributed by atoms with Gasteiger partial charge >= 0.3 is 0 Å². The largest absolute Gasteiger partial charge is 0.321 e. The number of halogens is 1. The summed E-state index contributed by atoms with van der Waals surface area (Å²) in [5.41, 5.74) is 8.91. The minimum atomic E-state index is -0.187. The van der Waals surface area contributed by atoms with Gasteiger partial charge in [0.15, 0.2) is 0 Å².